The SMILES string of the molecule is CC(C[C@@H](C)[C@H]1CCC2C3C(C[C@H](O)[C@@]21C)[C@@]1(C)CC[C@@H](O)CC1[C@@H](C)[C@@H]3O)C(=O)NCC(=O)O. The molecule has 0 spiro atoms. The number of nitrogens with one attached hydrogen (secondary N) is 1. The fourth-order valence-electron chi connectivity index (χ4n) is 9.75. The van der Waals surface area contributed by atoms with Crippen molar-refractivity contribution < 1.29 is 30.0 Å². The van der Waals surface area contributed by atoms with Crippen molar-refractivity contribution >= 4 is 11.9 Å². The van der Waals surface area contributed by atoms with Crippen LogP contribution in [-0.2, 0) is 9.59 Å². The van der Waals surface area contributed by atoms with Crippen molar-refractivity contribution in [2.75, 3.05) is 6.54 Å². The maximum Gasteiger partial charge on any atom is 0.322 e. The molecule has 0 aromatic heterocycles. The smallest absolute Gasteiger partial charge is 0.322 e. The summed E-state index contributed by atoms with van der Waals surface area (Å²) in [5.41, 5.74) is -0.277. The Balaban J connectivity index is 1.54. The van der Waals surface area contributed by atoms with E-state index in [9.17, 15) is 24.9 Å². The molecular formula is C28H47NO6. The maximum atomic E-state index is 12.4. The normalized spacial score (nSPS) is 48.7. The highest BCUT2D eigenvalue weighted by Gasteiger charge is 2.67. The molecule has 0 aromatic rings. The molecule has 5 N–H and O–H groups in total. The van der Waals surface area contributed by atoms with Crippen molar-refractivity contribution in [1.82, 2.24) is 5.32 Å². The standard InChI is InChI=1S/C28H47NO6/c1-14(10-15(2)26(35)29-13-23(32)33)18-6-7-19-24-21(12-22(31)28(18,19)5)27(4)9-8-17(30)11-20(27)16(3)25(24)34/h14-22,24-25,30-31,34H,6-13H2,1-5H3,(H,29,35)(H,32,33)/t14-,15?,16-,17-,18-,19?,20?,21?,22+,24?,25+,27+,28-/m1/s1. The van der Waals surface area contributed by atoms with E-state index in [4.69, 9.17) is 5.11 Å². The summed E-state index contributed by atoms with van der Waals surface area (Å²) in [7, 11) is 0. The van der Waals surface area contributed by atoms with Crippen molar-refractivity contribution in [3.05, 3.63) is 0 Å². The molecule has 4 fully saturated rings. The van der Waals surface area contributed by atoms with Gasteiger partial charge in [-0.15, -0.1) is 0 Å². The van der Waals surface area contributed by atoms with E-state index in [1.54, 1.807) is 0 Å². The Morgan fingerprint density at radius 2 is 1.69 bits per heavy atom. The number of fused-ring (bicyclic) bond motifs is 5. The summed E-state index contributed by atoms with van der Waals surface area (Å²) in [6.45, 7) is 10.4. The third-order valence-corrected chi connectivity index (χ3v) is 11.6. The molecule has 13 atom stereocenters. The van der Waals surface area contributed by atoms with E-state index in [2.05, 4.69) is 33.0 Å². The van der Waals surface area contributed by atoms with Crippen molar-refractivity contribution in [3.63, 3.8) is 0 Å². The molecule has 4 rings (SSSR count). The number of hydrogen-bond acceptors (Lipinski definition) is 5. The van der Waals surface area contributed by atoms with Crippen molar-refractivity contribution in [1.29, 1.82) is 0 Å². The largest absolute Gasteiger partial charge is 0.480 e. The summed E-state index contributed by atoms with van der Waals surface area (Å²) < 4.78 is 0. The Morgan fingerprint density at radius 1 is 1.00 bits per heavy atom. The number of aliphatic hydroxyl groups excluding tert-OH is 3. The monoisotopic (exact) mass is 493 g/mol. The van der Waals surface area contributed by atoms with E-state index >= 15 is 0 Å². The number of amides is 1. The van der Waals surface area contributed by atoms with Gasteiger partial charge in [-0.2, -0.15) is 0 Å². The first-order chi connectivity index (χ1) is 16.3. The number of carboxylic acid groups (broad SMARTS) is 1. The summed E-state index contributed by atoms with van der Waals surface area (Å²) in [6, 6.07) is 0. The average Bonchev–Trinajstić information content (AvgIpc) is 3.16. The van der Waals surface area contributed by atoms with Crippen molar-refractivity contribution in [3.8, 4) is 0 Å². The molecule has 0 saturated heterocycles. The number of aliphatic carboxylic acids is 1. The first kappa shape index (κ1) is 26.9. The van der Waals surface area contributed by atoms with E-state index in [-0.39, 0.29) is 76.7 Å². The Hall–Kier alpha value is -1.18. The van der Waals surface area contributed by atoms with Gasteiger partial charge < -0.3 is 25.7 Å². The van der Waals surface area contributed by atoms with Gasteiger partial charge in [0.25, 0.3) is 0 Å². The summed E-state index contributed by atoms with van der Waals surface area (Å²) in [4.78, 5) is 23.2. The van der Waals surface area contributed by atoms with Crippen LogP contribution in [-0.4, -0.2) is 57.2 Å². The van der Waals surface area contributed by atoms with E-state index < -0.39 is 18.2 Å². The Labute approximate surface area is 210 Å². The zero-order chi connectivity index (χ0) is 25.9. The summed E-state index contributed by atoms with van der Waals surface area (Å²) in [5, 5.41) is 45.1. The summed E-state index contributed by atoms with van der Waals surface area (Å²) in [6.07, 6.45) is 4.65. The minimum atomic E-state index is -1.05. The lowest BCUT2D eigenvalue weighted by atomic mass is 9.41. The number of carbonyl (C=O) groups is 2. The first-order valence-electron chi connectivity index (χ1n) is 13.9. The minimum Gasteiger partial charge on any atom is -0.480 e. The molecule has 4 saturated carbocycles. The molecule has 0 aliphatic heterocycles. The molecule has 0 aromatic carbocycles. The van der Waals surface area contributed by atoms with Crippen LogP contribution in [0.2, 0.25) is 0 Å². The second kappa shape index (κ2) is 9.60. The maximum absolute atomic E-state index is 12.4. The number of aliphatic hydroxyl groups is 3. The van der Waals surface area contributed by atoms with Crippen LogP contribution in [0, 0.1) is 58.2 Å². The highest BCUT2D eigenvalue weighted by Crippen LogP contribution is 2.69. The van der Waals surface area contributed by atoms with Crippen LogP contribution in [0.3, 0.4) is 0 Å². The lowest BCUT2D eigenvalue weighted by Gasteiger charge is -2.65. The molecule has 1 amide bonds. The van der Waals surface area contributed by atoms with Crippen molar-refractivity contribution in [2.45, 2.75) is 97.9 Å². The average molecular weight is 494 g/mol. The fourth-order valence-corrected chi connectivity index (χ4v) is 9.75. The number of rotatable bonds is 6. The molecule has 7 nitrogen and oxygen atoms in total. The lowest BCUT2D eigenvalue weighted by molar-refractivity contribution is -0.225. The predicted molar refractivity (Wildman–Crippen MR) is 132 cm³/mol. The van der Waals surface area contributed by atoms with Crippen LogP contribution in [0.15, 0.2) is 0 Å². The first-order valence-corrected chi connectivity index (χ1v) is 13.9. The Morgan fingerprint density at radius 3 is 2.34 bits per heavy atom. The van der Waals surface area contributed by atoms with E-state index in [1.165, 1.54) is 0 Å². The third-order valence-electron chi connectivity index (χ3n) is 11.6. The van der Waals surface area contributed by atoms with Crippen LogP contribution >= 0.6 is 0 Å². The molecule has 200 valence electrons. The molecule has 7 heteroatoms. The van der Waals surface area contributed by atoms with Crippen LogP contribution in [0.4, 0.5) is 0 Å². The quantitative estimate of drug-likeness (QED) is 0.387. The third kappa shape index (κ3) is 4.33. The molecular weight excluding hydrogens is 446 g/mol. The zero-order valence-corrected chi connectivity index (χ0v) is 22.1. The van der Waals surface area contributed by atoms with Gasteiger partial charge in [-0.1, -0.05) is 34.6 Å². The van der Waals surface area contributed by atoms with Crippen LogP contribution in [0.5, 0.6) is 0 Å². The van der Waals surface area contributed by atoms with Gasteiger partial charge in [-0.05, 0) is 97.2 Å². The summed E-state index contributed by atoms with van der Waals surface area (Å²) in [5.74, 6) is -0.0714. The topological polar surface area (TPSA) is 127 Å². The lowest BCUT2D eigenvalue weighted by Crippen LogP contribution is -2.64. The highest BCUT2D eigenvalue weighted by atomic mass is 16.4. The molecule has 0 radical (unpaired) electrons. The van der Waals surface area contributed by atoms with Gasteiger partial charge in [-0.25, -0.2) is 0 Å². The number of carbonyl (C=O) groups excluding carboxylic acids is 1. The Kier molecular flexibility index (Phi) is 7.37. The number of carboxylic acids is 1. The minimum absolute atomic E-state index is 0.0330. The molecule has 4 aliphatic rings. The molecule has 35 heavy (non-hydrogen) atoms. The van der Waals surface area contributed by atoms with Gasteiger partial charge in [0, 0.05) is 5.92 Å². The second-order valence-electron chi connectivity index (χ2n) is 13.2. The summed E-state index contributed by atoms with van der Waals surface area (Å²) >= 11 is 0. The predicted octanol–water partition coefficient (Wildman–Crippen LogP) is 3.06. The highest BCUT2D eigenvalue weighted by molar-refractivity contribution is 5.82. The molecule has 0 bridgehead atoms. The molecule has 0 heterocycles. The molecule has 4 aliphatic carbocycles. The van der Waals surface area contributed by atoms with Gasteiger partial charge in [0.15, 0.2) is 0 Å². The van der Waals surface area contributed by atoms with Gasteiger partial charge in [0.2, 0.25) is 5.91 Å². The van der Waals surface area contributed by atoms with Gasteiger partial charge in [0.1, 0.15) is 6.54 Å². The van der Waals surface area contributed by atoms with Gasteiger partial charge >= 0.3 is 5.97 Å². The van der Waals surface area contributed by atoms with Gasteiger partial charge in [0.05, 0.1) is 18.3 Å². The van der Waals surface area contributed by atoms with E-state index in [0.717, 1.165) is 32.1 Å². The Bertz CT molecular complexity index is 819. The number of hydrogen-bond donors (Lipinski definition) is 5. The van der Waals surface area contributed by atoms with Crippen molar-refractivity contribution in [2.24, 2.45) is 58.2 Å². The fraction of sp³-hybridized carbons (Fsp3) is 0.929. The second-order valence-corrected chi connectivity index (χ2v) is 13.2. The molecule has 5 unspecified atom stereocenters. The van der Waals surface area contributed by atoms with Crippen LogP contribution in [0.1, 0.15) is 79.6 Å². The van der Waals surface area contributed by atoms with Gasteiger partial charge in [-0.3, -0.25) is 9.59 Å². The van der Waals surface area contributed by atoms with Crippen LogP contribution < -0.4 is 5.32 Å². The van der Waals surface area contributed by atoms with E-state index in [1.807, 2.05) is 6.92 Å². The zero-order valence-electron chi connectivity index (χ0n) is 22.1. The van der Waals surface area contributed by atoms with E-state index in [0.29, 0.717) is 12.8 Å². The van der Waals surface area contributed by atoms with Crippen LogP contribution in [0.25, 0.3) is 0 Å².